The Balaban J connectivity index is 2.10. The second-order valence-electron chi connectivity index (χ2n) is 4.36. The molecular formula is C14H17F2N3O. The topological polar surface area (TPSA) is 39.1 Å². The second kappa shape index (κ2) is 6.36. The average molecular weight is 281 g/mol. The summed E-state index contributed by atoms with van der Waals surface area (Å²) < 4.78 is 30.9. The summed E-state index contributed by atoms with van der Waals surface area (Å²) in [6.07, 6.45) is 2.75. The highest BCUT2D eigenvalue weighted by Gasteiger charge is 2.10. The molecule has 0 amide bonds. The first kappa shape index (κ1) is 14.3. The Morgan fingerprint density at radius 1 is 1.35 bits per heavy atom. The fourth-order valence-corrected chi connectivity index (χ4v) is 2.03. The van der Waals surface area contributed by atoms with Crippen molar-refractivity contribution < 1.29 is 13.5 Å². The van der Waals surface area contributed by atoms with Crippen molar-refractivity contribution in [1.82, 2.24) is 9.78 Å². The van der Waals surface area contributed by atoms with Crippen LogP contribution in [0.1, 0.15) is 18.2 Å². The molecule has 0 saturated carbocycles. The number of aromatic nitrogens is 2. The number of benzene rings is 1. The first-order valence-corrected chi connectivity index (χ1v) is 6.39. The lowest BCUT2D eigenvalue weighted by Gasteiger charge is -2.12. The summed E-state index contributed by atoms with van der Waals surface area (Å²) in [6, 6.07) is 6.65. The van der Waals surface area contributed by atoms with Gasteiger partial charge in [-0.25, -0.2) is 0 Å². The third kappa shape index (κ3) is 3.46. The van der Waals surface area contributed by atoms with Gasteiger partial charge in [0.2, 0.25) is 0 Å². The summed E-state index contributed by atoms with van der Waals surface area (Å²) in [5, 5.41) is 7.45. The van der Waals surface area contributed by atoms with Gasteiger partial charge in [-0.05, 0) is 18.6 Å². The molecule has 2 rings (SSSR count). The Hall–Kier alpha value is -2.11. The van der Waals surface area contributed by atoms with Gasteiger partial charge in [-0.2, -0.15) is 13.9 Å². The van der Waals surface area contributed by atoms with Crippen molar-refractivity contribution >= 4 is 5.69 Å². The van der Waals surface area contributed by atoms with E-state index in [1.165, 1.54) is 6.07 Å². The van der Waals surface area contributed by atoms with E-state index in [4.69, 9.17) is 0 Å². The van der Waals surface area contributed by atoms with Crippen LogP contribution in [0.25, 0.3) is 0 Å². The predicted octanol–water partition coefficient (Wildman–Crippen LogP) is 3.20. The molecule has 2 aromatic rings. The summed E-state index contributed by atoms with van der Waals surface area (Å²) in [4.78, 5) is 0. The summed E-state index contributed by atoms with van der Waals surface area (Å²) in [7, 11) is 1.86. The van der Waals surface area contributed by atoms with E-state index in [0.717, 1.165) is 17.7 Å². The number of rotatable bonds is 6. The van der Waals surface area contributed by atoms with Gasteiger partial charge in [0.1, 0.15) is 5.75 Å². The van der Waals surface area contributed by atoms with Crippen molar-refractivity contribution in [3.8, 4) is 5.75 Å². The van der Waals surface area contributed by atoms with Crippen LogP contribution in [0.3, 0.4) is 0 Å². The zero-order valence-electron chi connectivity index (χ0n) is 11.4. The quantitative estimate of drug-likeness (QED) is 0.883. The molecule has 0 aliphatic heterocycles. The molecule has 0 spiro atoms. The number of hydrogen-bond acceptors (Lipinski definition) is 3. The fourth-order valence-electron chi connectivity index (χ4n) is 2.03. The highest BCUT2D eigenvalue weighted by molar-refractivity contribution is 5.56. The molecule has 0 aliphatic rings. The lowest BCUT2D eigenvalue weighted by atomic mass is 10.2. The molecule has 0 unspecified atom stereocenters. The monoisotopic (exact) mass is 281 g/mol. The minimum Gasteiger partial charge on any atom is -0.433 e. The van der Waals surface area contributed by atoms with Gasteiger partial charge >= 0.3 is 6.61 Å². The highest BCUT2D eigenvalue weighted by atomic mass is 19.3. The van der Waals surface area contributed by atoms with Gasteiger partial charge < -0.3 is 10.1 Å². The van der Waals surface area contributed by atoms with Crippen LogP contribution in [0.2, 0.25) is 0 Å². The van der Waals surface area contributed by atoms with E-state index in [2.05, 4.69) is 15.2 Å². The van der Waals surface area contributed by atoms with E-state index in [-0.39, 0.29) is 5.75 Å². The molecule has 0 aliphatic carbocycles. The van der Waals surface area contributed by atoms with Crippen LogP contribution in [0.4, 0.5) is 14.5 Å². The smallest absolute Gasteiger partial charge is 0.387 e. The van der Waals surface area contributed by atoms with Crippen LogP contribution in [0.15, 0.2) is 30.5 Å². The van der Waals surface area contributed by atoms with Crippen molar-refractivity contribution in [3.63, 3.8) is 0 Å². The molecular weight excluding hydrogens is 264 g/mol. The van der Waals surface area contributed by atoms with E-state index >= 15 is 0 Å². The Morgan fingerprint density at radius 3 is 2.80 bits per heavy atom. The molecule has 0 saturated heterocycles. The fraction of sp³-hybridized carbons (Fsp3) is 0.357. The third-order valence-corrected chi connectivity index (χ3v) is 2.90. The van der Waals surface area contributed by atoms with E-state index in [1.807, 2.05) is 20.2 Å². The molecule has 1 N–H and O–H groups in total. The van der Waals surface area contributed by atoms with Gasteiger partial charge in [0.15, 0.2) is 0 Å². The number of ether oxygens (including phenoxy) is 1. The Kier molecular flexibility index (Phi) is 4.55. The lowest BCUT2D eigenvalue weighted by Crippen LogP contribution is -2.07. The summed E-state index contributed by atoms with van der Waals surface area (Å²) >= 11 is 0. The second-order valence-corrected chi connectivity index (χ2v) is 4.36. The van der Waals surface area contributed by atoms with Gasteiger partial charge in [-0.1, -0.05) is 19.1 Å². The van der Waals surface area contributed by atoms with Crippen molar-refractivity contribution in [3.05, 3.63) is 41.7 Å². The molecule has 0 radical (unpaired) electrons. The van der Waals surface area contributed by atoms with E-state index in [0.29, 0.717) is 12.2 Å². The maximum atomic E-state index is 12.3. The van der Waals surface area contributed by atoms with E-state index < -0.39 is 6.61 Å². The van der Waals surface area contributed by atoms with Crippen molar-refractivity contribution in [2.75, 3.05) is 5.32 Å². The van der Waals surface area contributed by atoms with Crippen LogP contribution in [-0.2, 0) is 20.0 Å². The van der Waals surface area contributed by atoms with Crippen molar-refractivity contribution in [1.29, 1.82) is 0 Å². The average Bonchev–Trinajstić information content (AvgIpc) is 2.77. The minimum atomic E-state index is -2.83. The van der Waals surface area contributed by atoms with Crippen LogP contribution in [0, 0.1) is 0 Å². The SMILES string of the molecule is CCc1nn(C)cc1CNc1ccccc1OC(F)F. The maximum absolute atomic E-state index is 12.3. The Morgan fingerprint density at radius 2 is 2.10 bits per heavy atom. The van der Waals surface area contributed by atoms with Crippen LogP contribution in [0.5, 0.6) is 5.75 Å². The van der Waals surface area contributed by atoms with E-state index in [9.17, 15) is 8.78 Å². The van der Waals surface area contributed by atoms with E-state index in [1.54, 1.807) is 22.9 Å². The minimum absolute atomic E-state index is 0.143. The predicted molar refractivity (Wildman–Crippen MR) is 73.0 cm³/mol. The number of para-hydroxylation sites is 2. The number of hydrogen-bond donors (Lipinski definition) is 1. The molecule has 0 fully saturated rings. The van der Waals surface area contributed by atoms with Crippen molar-refractivity contribution in [2.24, 2.45) is 7.05 Å². The van der Waals surface area contributed by atoms with Gasteiger partial charge in [0, 0.05) is 25.4 Å². The number of nitrogens with one attached hydrogen (secondary N) is 1. The zero-order valence-corrected chi connectivity index (χ0v) is 11.4. The Labute approximate surface area is 116 Å². The molecule has 108 valence electrons. The molecule has 4 nitrogen and oxygen atoms in total. The highest BCUT2D eigenvalue weighted by Crippen LogP contribution is 2.26. The number of nitrogens with zero attached hydrogens (tertiary/aromatic N) is 2. The third-order valence-electron chi connectivity index (χ3n) is 2.90. The Bertz CT molecular complexity index is 569. The van der Waals surface area contributed by atoms with Gasteiger partial charge in [-0.15, -0.1) is 0 Å². The number of alkyl halides is 2. The normalized spacial score (nSPS) is 10.8. The first-order valence-electron chi connectivity index (χ1n) is 6.39. The zero-order chi connectivity index (χ0) is 14.5. The molecule has 20 heavy (non-hydrogen) atoms. The first-order chi connectivity index (χ1) is 9.60. The summed E-state index contributed by atoms with van der Waals surface area (Å²) in [5.74, 6) is 0.143. The molecule has 0 atom stereocenters. The molecule has 6 heteroatoms. The standard InChI is InChI=1S/C14H17F2N3O/c1-3-11-10(9-19(2)18-11)8-17-12-6-4-5-7-13(12)20-14(15)16/h4-7,9,14,17H,3,8H2,1-2H3. The number of anilines is 1. The van der Waals surface area contributed by atoms with Crippen molar-refractivity contribution in [2.45, 2.75) is 26.5 Å². The molecule has 0 bridgehead atoms. The van der Waals surface area contributed by atoms with Gasteiger partial charge in [-0.3, -0.25) is 4.68 Å². The lowest BCUT2D eigenvalue weighted by molar-refractivity contribution is -0.0493. The summed E-state index contributed by atoms with van der Waals surface area (Å²) in [6.45, 7) is -0.289. The number of halogens is 2. The van der Waals surface area contributed by atoms with Crippen LogP contribution < -0.4 is 10.1 Å². The van der Waals surface area contributed by atoms with Crippen LogP contribution in [-0.4, -0.2) is 16.4 Å². The van der Waals surface area contributed by atoms with Gasteiger partial charge in [0.05, 0.1) is 11.4 Å². The molecule has 1 heterocycles. The number of aryl methyl sites for hydroxylation is 2. The molecule has 1 aromatic carbocycles. The van der Waals surface area contributed by atoms with Crippen LogP contribution >= 0.6 is 0 Å². The van der Waals surface area contributed by atoms with Gasteiger partial charge in [0.25, 0.3) is 0 Å². The molecule has 1 aromatic heterocycles. The summed E-state index contributed by atoms with van der Waals surface area (Å²) in [5.41, 5.74) is 2.58. The largest absolute Gasteiger partial charge is 0.433 e. The maximum Gasteiger partial charge on any atom is 0.387 e.